The van der Waals surface area contributed by atoms with E-state index in [1.807, 2.05) is 77.8 Å². The molecule has 0 saturated heterocycles. The molecule has 0 radical (unpaired) electrons. The summed E-state index contributed by atoms with van der Waals surface area (Å²) < 4.78 is 0. The van der Waals surface area contributed by atoms with Crippen molar-refractivity contribution in [3.05, 3.63) is 81.8 Å². The summed E-state index contributed by atoms with van der Waals surface area (Å²) in [6, 6.07) is 15.7. The predicted octanol–water partition coefficient (Wildman–Crippen LogP) is 3.82. The van der Waals surface area contributed by atoms with Crippen molar-refractivity contribution in [1.29, 1.82) is 0 Å². The lowest BCUT2D eigenvalue weighted by Crippen LogP contribution is -2.28. The number of rotatable bonds is 7. The van der Waals surface area contributed by atoms with Crippen LogP contribution in [0, 0.1) is 0 Å². The summed E-state index contributed by atoms with van der Waals surface area (Å²) in [5.41, 5.74) is 9.40. The quantitative estimate of drug-likeness (QED) is 0.607. The lowest BCUT2D eigenvalue weighted by molar-refractivity contribution is -0.117. The van der Waals surface area contributed by atoms with E-state index in [0.29, 0.717) is 17.1 Å². The number of carbonyl (C=O) groups excluding carboxylic acids is 2. The largest absolute Gasteiger partial charge is 0.378 e. The number of aromatic nitrogens is 1. The fourth-order valence-corrected chi connectivity index (χ4v) is 5.67. The Morgan fingerprint density at radius 3 is 2.60 bits per heavy atom. The second kappa shape index (κ2) is 8.49. The van der Waals surface area contributed by atoms with E-state index in [0.717, 1.165) is 16.8 Å². The molecule has 1 aromatic heterocycles. The van der Waals surface area contributed by atoms with Gasteiger partial charge in [0.05, 0.1) is 0 Å². The maximum atomic E-state index is 13.2. The molecule has 2 unspecified atom stereocenters. The molecule has 2 heterocycles. The standard InChI is InChI=1S/C22H22N4O2S2/c1-25(2)15-9-7-14(8-10-15)13-26-21(28)16-5-3-4-6-17(16)22(26)30-18(19(23)27)20-24-11-12-29-20/h3-12,18,22H,13H2,1-2H3,(H2,23,27). The molecule has 2 N–H and O–H groups in total. The third kappa shape index (κ3) is 3.93. The fraction of sp³-hybridized carbons (Fsp3) is 0.227. The summed E-state index contributed by atoms with van der Waals surface area (Å²) in [7, 11) is 3.98. The van der Waals surface area contributed by atoms with Crippen LogP contribution in [0.3, 0.4) is 0 Å². The van der Waals surface area contributed by atoms with Crippen LogP contribution in [-0.2, 0) is 11.3 Å². The van der Waals surface area contributed by atoms with Gasteiger partial charge in [0.15, 0.2) is 0 Å². The minimum absolute atomic E-state index is 0.0397. The van der Waals surface area contributed by atoms with Crippen molar-refractivity contribution in [1.82, 2.24) is 9.88 Å². The zero-order valence-electron chi connectivity index (χ0n) is 16.7. The van der Waals surface area contributed by atoms with E-state index in [2.05, 4.69) is 4.98 Å². The maximum absolute atomic E-state index is 13.2. The smallest absolute Gasteiger partial charge is 0.255 e. The fourth-order valence-electron chi connectivity index (χ4n) is 3.47. The van der Waals surface area contributed by atoms with Crippen molar-refractivity contribution in [3.8, 4) is 0 Å². The number of nitrogens with zero attached hydrogens (tertiary/aromatic N) is 3. The summed E-state index contributed by atoms with van der Waals surface area (Å²) in [5.74, 6) is -0.496. The van der Waals surface area contributed by atoms with Gasteiger partial charge in [-0.25, -0.2) is 4.98 Å². The summed E-state index contributed by atoms with van der Waals surface area (Å²) in [4.78, 5) is 33.5. The topological polar surface area (TPSA) is 79.5 Å². The minimum atomic E-state index is -0.618. The van der Waals surface area contributed by atoms with Gasteiger partial charge in [-0.05, 0) is 29.3 Å². The molecule has 2 aromatic carbocycles. The molecule has 0 spiro atoms. The first kappa shape index (κ1) is 20.4. The normalized spacial score (nSPS) is 16.4. The van der Waals surface area contributed by atoms with Crippen molar-refractivity contribution in [3.63, 3.8) is 0 Å². The molecule has 154 valence electrons. The van der Waals surface area contributed by atoms with Gasteiger partial charge >= 0.3 is 0 Å². The van der Waals surface area contributed by atoms with Crippen LogP contribution in [0.4, 0.5) is 5.69 Å². The lowest BCUT2D eigenvalue weighted by Gasteiger charge is -2.27. The van der Waals surface area contributed by atoms with E-state index in [1.54, 1.807) is 6.20 Å². The molecule has 30 heavy (non-hydrogen) atoms. The SMILES string of the molecule is CN(C)c1ccc(CN2C(=O)c3ccccc3C2SC(C(N)=O)c2nccs2)cc1. The van der Waals surface area contributed by atoms with Crippen LogP contribution in [-0.4, -0.2) is 35.8 Å². The van der Waals surface area contributed by atoms with Crippen LogP contribution in [0.25, 0.3) is 0 Å². The maximum Gasteiger partial charge on any atom is 0.255 e. The van der Waals surface area contributed by atoms with Crippen molar-refractivity contribution in [2.45, 2.75) is 17.2 Å². The number of thiazole rings is 1. The van der Waals surface area contributed by atoms with Crippen molar-refractivity contribution < 1.29 is 9.59 Å². The number of anilines is 1. The number of fused-ring (bicyclic) bond motifs is 1. The summed E-state index contributed by atoms with van der Waals surface area (Å²) in [6.07, 6.45) is 1.66. The second-order valence-electron chi connectivity index (χ2n) is 7.22. The average Bonchev–Trinajstić information content (AvgIpc) is 3.35. The molecule has 2 amide bonds. The van der Waals surface area contributed by atoms with Crippen LogP contribution >= 0.6 is 23.1 Å². The Kier molecular flexibility index (Phi) is 5.78. The van der Waals surface area contributed by atoms with E-state index < -0.39 is 11.2 Å². The Labute approximate surface area is 183 Å². The van der Waals surface area contributed by atoms with E-state index in [9.17, 15) is 9.59 Å². The summed E-state index contributed by atoms with van der Waals surface area (Å²) in [6.45, 7) is 0.447. The number of hydrogen-bond donors (Lipinski definition) is 1. The number of benzene rings is 2. The highest BCUT2D eigenvalue weighted by Gasteiger charge is 2.40. The van der Waals surface area contributed by atoms with Crippen LogP contribution in [0.2, 0.25) is 0 Å². The molecule has 0 aliphatic carbocycles. The van der Waals surface area contributed by atoms with E-state index in [4.69, 9.17) is 5.73 Å². The van der Waals surface area contributed by atoms with Gasteiger partial charge in [0, 0.05) is 43.5 Å². The van der Waals surface area contributed by atoms with E-state index >= 15 is 0 Å². The van der Waals surface area contributed by atoms with Crippen LogP contribution in [0.5, 0.6) is 0 Å². The van der Waals surface area contributed by atoms with Gasteiger partial charge in [-0.15, -0.1) is 23.1 Å². The molecular weight excluding hydrogens is 416 g/mol. The van der Waals surface area contributed by atoms with Gasteiger partial charge in [-0.2, -0.15) is 0 Å². The first-order chi connectivity index (χ1) is 14.5. The highest BCUT2D eigenvalue weighted by atomic mass is 32.2. The summed E-state index contributed by atoms with van der Waals surface area (Å²) in [5, 5.41) is 1.54. The van der Waals surface area contributed by atoms with Gasteiger partial charge in [-0.1, -0.05) is 30.3 Å². The Balaban J connectivity index is 1.66. The van der Waals surface area contributed by atoms with Gasteiger partial charge in [0.25, 0.3) is 5.91 Å². The highest BCUT2D eigenvalue weighted by Crippen LogP contribution is 2.48. The lowest BCUT2D eigenvalue weighted by atomic mass is 10.1. The number of carbonyl (C=O) groups is 2. The Bertz CT molecular complexity index is 1050. The molecule has 2 atom stereocenters. The molecule has 1 aliphatic rings. The zero-order valence-corrected chi connectivity index (χ0v) is 18.3. The molecule has 1 aliphatic heterocycles. The molecule has 0 fully saturated rings. The third-order valence-electron chi connectivity index (χ3n) is 5.01. The number of hydrogen-bond acceptors (Lipinski definition) is 6. The number of amides is 2. The molecule has 4 rings (SSSR count). The monoisotopic (exact) mass is 438 g/mol. The zero-order chi connectivity index (χ0) is 21.3. The van der Waals surface area contributed by atoms with Crippen molar-refractivity contribution in [2.24, 2.45) is 5.73 Å². The number of primary amides is 1. The van der Waals surface area contributed by atoms with Crippen LogP contribution < -0.4 is 10.6 Å². The third-order valence-corrected chi connectivity index (χ3v) is 7.49. The van der Waals surface area contributed by atoms with Gasteiger partial charge in [0.2, 0.25) is 5.91 Å². The number of thioether (sulfide) groups is 1. The van der Waals surface area contributed by atoms with E-state index in [-0.39, 0.29) is 11.3 Å². The average molecular weight is 439 g/mol. The van der Waals surface area contributed by atoms with Crippen molar-refractivity contribution >= 4 is 40.6 Å². The van der Waals surface area contributed by atoms with E-state index in [1.165, 1.54) is 23.1 Å². The molecular formula is C22H22N4O2S2. The van der Waals surface area contributed by atoms with Crippen LogP contribution in [0.15, 0.2) is 60.1 Å². The molecule has 6 nitrogen and oxygen atoms in total. The predicted molar refractivity (Wildman–Crippen MR) is 121 cm³/mol. The first-order valence-corrected chi connectivity index (χ1v) is 11.3. The molecule has 0 saturated carbocycles. The second-order valence-corrected chi connectivity index (χ2v) is 9.34. The Hall–Kier alpha value is -2.84. The Morgan fingerprint density at radius 2 is 1.97 bits per heavy atom. The summed E-state index contributed by atoms with van der Waals surface area (Å²) >= 11 is 2.76. The minimum Gasteiger partial charge on any atom is -0.378 e. The molecule has 3 aromatic rings. The molecule has 0 bridgehead atoms. The Morgan fingerprint density at radius 1 is 1.23 bits per heavy atom. The number of nitrogens with two attached hydrogens (primary N) is 1. The molecule has 8 heteroatoms. The first-order valence-electron chi connectivity index (χ1n) is 9.46. The highest BCUT2D eigenvalue weighted by molar-refractivity contribution is 8.00. The van der Waals surface area contributed by atoms with Gasteiger partial charge < -0.3 is 15.5 Å². The van der Waals surface area contributed by atoms with Crippen LogP contribution in [0.1, 0.15) is 37.1 Å². The van der Waals surface area contributed by atoms with Crippen molar-refractivity contribution in [2.75, 3.05) is 19.0 Å². The van der Waals surface area contributed by atoms with Gasteiger partial charge in [0.1, 0.15) is 15.6 Å². The van der Waals surface area contributed by atoms with Gasteiger partial charge in [-0.3, -0.25) is 9.59 Å².